The SMILES string of the molecule is CCCCC/C=C\C/C=C\CCCCCCCC(=O)OCC(COCCCCCCCC/C=C\CCCCCC)OC(=O)CCCCCCC/C=C\C/C=C\CCCCC. The van der Waals surface area contributed by atoms with Crippen LogP contribution >= 0.6 is 0 Å². The first-order valence-corrected chi connectivity index (χ1v) is 25.8. The number of esters is 2. The van der Waals surface area contributed by atoms with Gasteiger partial charge in [0.25, 0.3) is 0 Å². The van der Waals surface area contributed by atoms with Crippen molar-refractivity contribution >= 4 is 11.9 Å². The zero-order valence-corrected chi connectivity index (χ0v) is 40.0. The van der Waals surface area contributed by atoms with Gasteiger partial charge >= 0.3 is 11.9 Å². The lowest BCUT2D eigenvalue weighted by atomic mass is 10.1. The number of allylic oxidation sites excluding steroid dienone is 10. The normalized spacial score (nSPS) is 12.7. The molecule has 0 saturated carbocycles. The Labute approximate surface area is 373 Å². The van der Waals surface area contributed by atoms with Gasteiger partial charge in [-0.1, -0.05) is 191 Å². The van der Waals surface area contributed by atoms with E-state index >= 15 is 0 Å². The van der Waals surface area contributed by atoms with Crippen molar-refractivity contribution in [3.8, 4) is 0 Å². The molecule has 348 valence electrons. The molecule has 0 aromatic rings. The maximum absolute atomic E-state index is 12.8. The third-order valence-electron chi connectivity index (χ3n) is 11.0. The van der Waals surface area contributed by atoms with Gasteiger partial charge in [-0.15, -0.1) is 0 Å². The van der Waals surface area contributed by atoms with E-state index in [0.29, 0.717) is 19.4 Å². The molecule has 0 amide bonds. The van der Waals surface area contributed by atoms with Crippen molar-refractivity contribution < 1.29 is 23.8 Å². The Balaban J connectivity index is 4.32. The third kappa shape index (κ3) is 48.3. The molecule has 5 heteroatoms. The predicted octanol–water partition coefficient (Wildman–Crippen LogP) is 17.3. The lowest BCUT2D eigenvalue weighted by Crippen LogP contribution is -2.30. The van der Waals surface area contributed by atoms with Gasteiger partial charge in [0.05, 0.1) is 6.61 Å². The average Bonchev–Trinajstić information content (AvgIpc) is 3.25. The van der Waals surface area contributed by atoms with Crippen molar-refractivity contribution in [1.29, 1.82) is 0 Å². The van der Waals surface area contributed by atoms with Crippen LogP contribution in [-0.2, 0) is 23.8 Å². The molecule has 0 spiro atoms. The second-order valence-electron chi connectivity index (χ2n) is 17.1. The fourth-order valence-electron chi connectivity index (χ4n) is 7.09. The van der Waals surface area contributed by atoms with Gasteiger partial charge in [-0.25, -0.2) is 0 Å². The van der Waals surface area contributed by atoms with Crippen molar-refractivity contribution in [1.82, 2.24) is 0 Å². The molecular weight excluding hydrogens is 741 g/mol. The number of hydrogen-bond acceptors (Lipinski definition) is 5. The fourth-order valence-corrected chi connectivity index (χ4v) is 7.09. The van der Waals surface area contributed by atoms with Crippen LogP contribution in [0.15, 0.2) is 60.8 Å². The molecule has 0 aliphatic heterocycles. The second kappa shape index (κ2) is 51.0. The summed E-state index contributed by atoms with van der Waals surface area (Å²) >= 11 is 0. The Bertz CT molecular complexity index is 1040. The number of unbranched alkanes of at least 4 members (excludes halogenated alkanes) is 26. The Kier molecular flexibility index (Phi) is 48.9. The van der Waals surface area contributed by atoms with Gasteiger partial charge in [0.1, 0.15) is 6.61 Å². The minimum absolute atomic E-state index is 0.0696. The second-order valence-corrected chi connectivity index (χ2v) is 17.1. The number of rotatable bonds is 47. The van der Waals surface area contributed by atoms with E-state index in [4.69, 9.17) is 14.2 Å². The summed E-state index contributed by atoms with van der Waals surface area (Å²) in [6, 6.07) is 0. The first-order valence-electron chi connectivity index (χ1n) is 25.8. The highest BCUT2D eigenvalue weighted by atomic mass is 16.6. The average molecular weight is 839 g/mol. The number of hydrogen-bond donors (Lipinski definition) is 0. The van der Waals surface area contributed by atoms with Crippen LogP contribution in [0.4, 0.5) is 0 Å². The summed E-state index contributed by atoms with van der Waals surface area (Å²) in [5.41, 5.74) is 0. The van der Waals surface area contributed by atoms with Crippen LogP contribution in [0, 0.1) is 0 Å². The minimum atomic E-state index is -0.552. The van der Waals surface area contributed by atoms with Crippen LogP contribution in [0.2, 0.25) is 0 Å². The van der Waals surface area contributed by atoms with Crippen molar-refractivity contribution in [3.05, 3.63) is 60.8 Å². The molecule has 0 aromatic heterocycles. The summed E-state index contributed by atoms with van der Waals surface area (Å²) in [5, 5.41) is 0. The molecule has 60 heavy (non-hydrogen) atoms. The highest BCUT2D eigenvalue weighted by molar-refractivity contribution is 5.70. The van der Waals surface area contributed by atoms with Crippen molar-refractivity contribution in [2.75, 3.05) is 19.8 Å². The number of carbonyl (C=O) groups is 2. The summed E-state index contributed by atoms with van der Waals surface area (Å²) in [6.07, 6.45) is 63.6. The molecule has 0 fully saturated rings. The van der Waals surface area contributed by atoms with Gasteiger partial charge in [0, 0.05) is 19.4 Å². The Hall–Kier alpha value is -2.40. The zero-order chi connectivity index (χ0) is 43.5. The standard InChI is InChI=1S/C55H98O5/c1-4-7-10-13-16-19-22-25-28-30-33-36-39-42-45-48-54(56)59-52-53(51-58-50-47-44-41-38-35-32-27-24-21-18-15-12-9-6-3)60-55(57)49-46-43-40-37-34-31-29-26-23-20-17-14-11-8-5-2/h16-17,19-21,24-26,28-29,53H,4-15,18,22-23,27,30-52H2,1-3H3/b19-16-,20-17-,24-21-,28-25-,29-26-. The molecule has 1 atom stereocenters. The van der Waals surface area contributed by atoms with E-state index in [1.807, 2.05) is 0 Å². The van der Waals surface area contributed by atoms with Crippen LogP contribution in [0.25, 0.3) is 0 Å². The van der Waals surface area contributed by atoms with E-state index in [0.717, 1.165) is 77.0 Å². The van der Waals surface area contributed by atoms with Gasteiger partial charge in [0.15, 0.2) is 6.10 Å². The molecule has 0 aliphatic rings. The summed E-state index contributed by atoms with van der Waals surface area (Å²) in [5.74, 6) is -0.427. The third-order valence-corrected chi connectivity index (χ3v) is 11.0. The van der Waals surface area contributed by atoms with Gasteiger partial charge < -0.3 is 14.2 Å². The predicted molar refractivity (Wildman–Crippen MR) is 261 cm³/mol. The Morgan fingerprint density at radius 2 is 0.700 bits per heavy atom. The molecule has 5 nitrogen and oxygen atoms in total. The van der Waals surface area contributed by atoms with E-state index in [1.165, 1.54) is 141 Å². The fraction of sp³-hybridized carbons (Fsp3) is 0.782. The van der Waals surface area contributed by atoms with Crippen LogP contribution in [0.3, 0.4) is 0 Å². The van der Waals surface area contributed by atoms with Gasteiger partial charge in [-0.2, -0.15) is 0 Å². The van der Waals surface area contributed by atoms with E-state index in [9.17, 15) is 9.59 Å². The van der Waals surface area contributed by atoms with Gasteiger partial charge in [-0.05, 0) is 109 Å². The zero-order valence-electron chi connectivity index (χ0n) is 40.0. The largest absolute Gasteiger partial charge is 0.462 e. The van der Waals surface area contributed by atoms with E-state index in [-0.39, 0.29) is 25.2 Å². The van der Waals surface area contributed by atoms with Gasteiger partial charge in [0.2, 0.25) is 0 Å². The van der Waals surface area contributed by atoms with Crippen LogP contribution in [0.5, 0.6) is 0 Å². The molecule has 0 N–H and O–H groups in total. The maximum atomic E-state index is 12.8. The van der Waals surface area contributed by atoms with E-state index in [1.54, 1.807) is 0 Å². The quantitative estimate of drug-likeness (QED) is 0.0347. The Morgan fingerprint density at radius 1 is 0.367 bits per heavy atom. The maximum Gasteiger partial charge on any atom is 0.306 e. The molecule has 0 aliphatic carbocycles. The highest BCUT2D eigenvalue weighted by Crippen LogP contribution is 2.13. The minimum Gasteiger partial charge on any atom is -0.462 e. The lowest BCUT2D eigenvalue weighted by Gasteiger charge is -2.18. The smallest absolute Gasteiger partial charge is 0.306 e. The molecule has 1 unspecified atom stereocenters. The summed E-state index contributed by atoms with van der Waals surface area (Å²) < 4.78 is 17.4. The van der Waals surface area contributed by atoms with Crippen LogP contribution < -0.4 is 0 Å². The topological polar surface area (TPSA) is 61.8 Å². The number of ether oxygens (including phenoxy) is 3. The van der Waals surface area contributed by atoms with E-state index in [2.05, 4.69) is 81.5 Å². The molecule has 0 heterocycles. The molecule has 0 bridgehead atoms. The highest BCUT2D eigenvalue weighted by Gasteiger charge is 2.17. The molecule has 0 rings (SSSR count). The van der Waals surface area contributed by atoms with Crippen molar-refractivity contribution in [3.63, 3.8) is 0 Å². The number of carbonyl (C=O) groups excluding carboxylic acids is 2. The summed E-state index contributed by atoms with van der Waals surface area (Å²) in [6.45, 7) is 7.74. The van der Waals surface area contributed by atoms with Crippen molar-refractivity contribution in [2.45, 2.75) is 258 Å². The summed E-state index contributed by atoms with van der Waals surface area (Å²) in [4.78, 5) is 25.4. The molecular formula is C55H98O5. The van der Waals surface area contributed by atoms with E-state index < -0.39 is 6.10 Å². The van der Waals surface area contributed by atoms with Crippen molar-refractivity contribution in [2.24, 2.45) is 0 Å². The first kappa shape index (κ1) is 57.6. The van der Waals surface area contributed by atoms with Gasteiger partial charge in [-0.3, -0.25) is 9.59 Å². The summed E-state index contributed by atoms with van der Waals surface area (Å²) in [7, 11) is 0. The molecule has 0 aromatic carbocycles. The first-order chi connectivity index (χ1) is 29.6. The molecule has 0 radical (unpaired) electrons. The lowest BCUT2D eigenvalue weighted by molar-refractivity contribution is -0.163. The Morgan fingerprint density at radius 3 is 1.15 bits per heavy atom. The van der Waals surface area contributed by atoms with Crippen LogP contribution in [-0.4, -0.2) is 37.9 Å². The molecule has 0 saturated heterocycles. The monoisotopic (exact) mass is 839 g/mol. The van der Waals surface area contributed by atoms with Crippen LogP contribution in [0.1, 0.15) is 252 Å².